The van der Waals surface area contributed by atoms with Crippen LogP contribution >= 0.6 is 0 Å². The third-order valence-electron chi connectivity index (χ3n) is 0.968. The highest BCUT2D eigenvalue weighted by atomic mass is 16.1. The molecule has 0 fully saturated rings. The van der Waals surface area contributed by atoms with E-state index < -0.39 is 0 Å². The lowest BCUT2D eigenvalue weighted by atomic mass is 10.5. The molecule has 0 spiro atoms. The zero-order valence-corrected chi connectivity index (χ0v) is 5.53. The molecule has 1 aromatic heterocycles. The summed E-state index contributed by atoms with van der Waals surface area (Å²) in [7, 11) is 0. The van der Waals surface area contributed by atoms with Crippen LogP contribution in [0.4, 0.5) is 5.69 Å². The fourth-order valence-corrected chi connectivity index (χ4v) is 0.567. The lowest BCUT2D eigenvalue weighted by Crippen LogP contribution is -2.03. The van der Waals surface area contributed by atoms with E-state index in [1.54, 1.807) is 13.1 Å². The Morgan fingerprint density at radius 1 is 1.80 bits per heavy atom. The summed E-state index contributed by atoms with van der Waals surface area (Å²) < 4.78 is 0. The average Bonchev–Trinajstić information content (AvgIpc) is 1.94. The van der Waals surface area contributed by atoms with E-state index in [0.29, 0.717) is 5.69 Å². The van der Waals surface area contributed by atoms with E-state index in [9.17, 15) is 4.79 Å². The van der Waals surface area contributed by atoms with Gasteiger partial charge in [0.2, 0.25) is 0 Å². The highest BCUT2D eigenvalue weighted by molar-refractivity contribution is 5.59. The summed E-state index contributed by atoms with van der Waals surface area (Å²) in [6, 6.07) is 0. The van der Waals surface area contributed by atoms with E-state index in [2.05, 4.69) is 15.0 Å². The summed E-state index contributed by atoms with van der Waals surface area (Å²) in [5, 5.41) is 0. The molecule has 0 saturated heterocycles. The minimum Gasteiger partial charge on any atom is -0.311 e. The van der Waals surface area contributed by atoms with Crippen molar-refractivity contribution in [1.82, 2.24) is 9.97 Å². The van der Waals surface area contributed by atoms with Crippen LogP contribution in [0.1, 0.15) is 6.92 Å². The molecule has 0 aliphatic rings. The maximum atomic E-state index is 10.8. The highest BCUT2D eigenvalue weighted by Gasteiger charge is 1.90. The second-order valence-electron chi connectivity index (χ2n) is 1.65. The van der Waals surface area contributed by atoms with E-state index in [1.165, 1.54) is 12.5 Å². The van der Waals surface area contributed by atoms with Gasteiger partial charge in [-0.1, -0.05) is 0 Å². The van der Waals surface area contributed by atoms with E-state index in [1.807, 2.05) is 0 Å². The first kappa shape index (κ1) is 6.67. The number of aromatic nitrogens is 2. The number of aliphatic imine (C=N–C) groups is 1. The molecule has 0 aliphatic heterocycles. The topological polar surface area (TPSA) is 58.1 Å². The number of nitrogens with zero attached hydrogens (tertiary/aromatic N) is 2. The van der Waals surface area contributed by atoms with Crippen molar-refractivity contribution < 1.29 is 0 Å². The van der Waals surface area contributed by atoms with Crippen LogP contribution in [0, 0.1) is 0 Å². The summed E-state index contributed by atoms with van der Waals surface area (Å²) in [5.41, 5.74) is 0.123. The standard InChI is InChI=1S/C6H7N3O/c1-2-8-5-3-7-4-9-6(5)10/h2-4H,1H3,(H,7,9,10). The Kier molecular flexibility index (Phi) is 1.94. The van der Waals surface area contributed by atoms with Gasteiger partial charge in [-0.15, -0.1) is 0 Å². The quantitative estimate of drug-likeness (QED) is 0.573. The third kappa shape index (κ3) is 1.28. The fraction of sp³-hybridized carbons (Fsp3) is 0.167. The van der Waals surface area contributed by atoms with Gasteiger partial charge >= 0.3 is 0 Å². The van der Waals surface area contributed by atoms with Gasteiger partial charge in [0.25, 0.3) is 5.56 Å². The van der Waals surface area contributed by atoms with Crippen molar-refractivity contribution in [2.75, 3.05) is 0 Å². The van der Waals surface area contributed by atoms with Crippen molar-refractivity contribution in [2.45, 2.75) is 6.92 Å². The predicted octanol–water partition coefficient (Wildman–Crippen LogP) is 0.492. The van der Waals surface area contributed by atoms with Crippen LogP contribution in [0.3, 0.4) is 0 Å². The SMILES string of the molecule is CC=Nc1cnc[nH]c1=O. The van der Waals surface area contributed by atoms with Crippen molar-refractivity contribution in [3.8, 4) is 0 Å². The minimum absolute atomic E-state index is 0.215. The summed E-state index contributed by atoms with van der Waals surface area (Å²) in [4.78, 5) is 20.7. The molecule has 0 amide bonds. The zero-order chi connectivity index (χ0) is 7.40. The van der Waals surface area contributed by atoms with Crippen molar-refractivity contribution in [2.24, 2.45) is 4.99 Å². The molecule has 1 aromatic rings. The van der Waals surface area contributed by atoms with Crippen LogP contribution in [0.25, 0.3) is 0 Å². The lowest BCUT2D eigenvalue weighted by Gasteiger charge is -1.86. The van der Waals surface area contributed by atoms with Gasteiger partial charge in [0.05, 0.1) is 12.5 Å². The van der Waals surface area contributed by atoms with Gasteiger partial charge < -0.3 is 4.98 Å². The fourth-order valence-electron chi connectivity index (χ4n) is 0.567. The van der Waals surface area contributed by atoms with Crippen molar-refractivity contribution in [1.29, 1.82) is 0 Å². The molecule has 4 nitrogen and oxygen atoms in total. The highest BCUT2D eigenvalue weighted by Crippen LogP contribution is 1.96. The van der Waals surface area contributed by atoms with Gasteiger partial charge in [0.1, 0.15) is 5.69 Å². The molecular formula is C6H7N3O. The maximum absolute atomic E-state index is 10.8. The second-order valence-corrected chi connectivity index (χ2v) is 1.65. The number of H-pyrrole nitrogens is 1. The van der Waals surface area contributed by atoms with Gasteiger partial charge in [0.15, 0.2) is 0 Å². The van der Waals surface area contributed by atoms with Crippen LogP contribution in [-0.4, -0.2) is 16.2 Å². The molecule has 0 unspecified atom stereocenters. The normalized spacial score (nSPS) is 10.5. The van der Waals surface area contributed by atoms with Crippen LogP contribution in [0.2, 0.25) is 0 Å². The van der Waals surface area contributed by atoms with Gasteiger partial charge in [-0.2, -0.15) is 0 Å². The Hall–Kier alpha value is -1.45. The summed E-state index contributed by atoms with van der Waals surface area (Å²) in [6.45, 7) is 1.74. The Morgan fingerprint density at radius 2 is 2.60 bits per heavy atom. The second kappa shape index (κ2) is 2.91. The molecule has 0 radical (unpaired) electrons. The average molecular weight is 137 g/mol. The van der Waals surface area contributed by atoms with Crippen molar-refractivity contribution in [3.05, 3.63) is 22.9 Å². The Labute approximate surface area is 57.7 Å². The molecule has 1 heterocycles. The molecule has 0 aliphatic carbocycles. The smallest absolute Gasteiger partial charge is 0.276 e. The zero-order valence-electron chi connectivity index (χ0n) is 5.53. The largest absolute Gasteiger partial charge is 0.311 e. The van der Waals surface area contributed by atoms with E-state index >= 15 is 0 Å². The summed E-state index contributed by atoms with van der Waals surface area (Å²) in [5.74, 6) is 0. The van der Waals surface area contributed by atoms with Gasteiger partial charge in [-0.3, -0.25) is 9.79 Å². The maximum Gasteiger partial charge on any atom is 0.276 e. The third-order valence-corrected chi connectivity index (χ3v) is 0.968. The van der Waals surface area contributed by atoms with Crippen LogP contribution in [0.15, 0.2) is 22.3 Å². The summed E-state index contributed by atoms with van der Waals surface area (Å²) >= 11 is 0. The number of rotatable bonds is 1. The molecule has 0 atom stereocenters. The first-order valence-corrected chi connectivity index (χ1v) is 2.86. The van der Waals surface area contributed by atoms with E-state index in [0.717, 1.165) is 0 Å². The monoisotopic (exact) mass is 137 g/mol. The van der Waals surface area contributed by atoms with E-state index in [4.69, 9.17) is 0 Å². The number of aromatic amines is 1. The molecule has 1 rings (SSSR count). The van der Waals surface area contributed by atoms with Crippen molar-refractivity contribution >= 4 is 11.9 Å². The lowest BCUT2D eigenvalue weighted by molar-refractivity contribution is 1.11. The Morgan fingerprint density at radius 3 is 3.20 bits per heavy atom. The number of hydrogen-bond donors (Lipinski definition) is 1. The van der Waals surface area contributed by atoms with Gasteiger partial charge in [0, 0.05) is 6.21 Å². The molecule has 0 aromatic carbocycles. The Bertz CT molecular complexity index is 289. The first-order valence-electron chi connectivity index (χ1n) is 2.86. The minimum atomic E-state index is -0.215. The molecule has 4 heteroatoms. The number of hydrogen-bond acceptors (Lipinski definition) is 3. The Balaban J connectivity index is 3.16. The van der Waals surface area contributed by atoms with Crippen molar-refractivity contribution in [3.63, 3.8) is 0 Å². The molecule has 10 heavy (non-hydrogen) atoms. The number of nitrogens with one attached hydrogen (secondary N) is 1. The van der Waals surface area contributed by atoms with Gasteiger partial charge in [-0.25, -0.2) is 4.98 Å². The van der Waals surface area contributed by atoms with Crippen LogP contribution < -0.4 is 5.56 Å². The van der Waals surface area contributed by atoms with Crippen LogP contribution in [0.5, 0.6) is 0 Å². The summed E-state index contributed by atoms with van der Waals surface area (Å²) in [6.07, 6.45) is 4.29. The molecule has 1 N–H and O–H groups in total. The van der Waals surface area contributed by atoms with Gasteiger partial charge in [-0.05, 0) is 6.92 Å². The molecule has 0 saturated carbocycles. The van der Waals surface area contributed by atoms with E-state index in [-0.39, 0.29) is 5.56 Å². The van der Waals surface area contributed by atoms with Crippen LogP contribution in [-0.2, 0) is 0 Å². The first-order chi connectivity index (χ1) is 4.84. The predicted molar refractivity (Wildman–Crippen MR) is 38.7 cm³/mol. The molecular weight excluding hydrogens is 130 g/mol. The molecule has 52 valence electrons. The molecule has 0 bridgehead atoms.